The quantitative estimate of drug-likeness (QED) is 0.676. The minimum Gasteiger partial charge on any atom is -0.359 e. The lowest BCUT2D eigenvalue weighted by atomic mass is 10.3. The third kappa shape index (κ3) is 2.80. The second kappa shape index (κ2) is 5.42. The van der Waals surface area contributed by atoms with E-state index in [1.54, 1.807) is 5.38 Å². The SMILES string of the molecule is O=C(NCc1nc2ccccc2[nH]1)c1csc(NC2CC2)n1. The topological polar surface area (TPSA) is 82.7 Å². The number of fused-ring (bicyclic) bond motifs is 1. The number of aromatic amines is 1. The highest BCUT2D eigenvalue weighted by Crippen LogP contribution is 2.26. The van der Waals surface area contributed by atoms with Crippen LogP contribution >= 0.6 is 11.3 Å². The molecule has 0 aliphatic heterocycles. The molecule has 6 nitrogen and oxygen atoms in total. The van der Waals surface area contributed by atoms with E-state index in [0.717, 1.165) is 22.0 Å². The first-order chi connectivity index (χ1) is 10.8. The van der Waals surface area contributed by atoms with Crippen molar-refractivity contribution >= 4 is 33.4 Å². The molecule has 22 heavy (non-hydrogen) atoms. The summed E-state index contributed by atoms with van der Waals surface area (Å²) in [7, 11) is 0. The number of aromatic nitrogens is 3. The summed E-state index contributed by atoms with van der Waals surface area (Å²) < 4.78 is 0. The Balaban J connectivity index is 1.39. The van der Waals surface area contributed by atoms with Crippen molar-refractivity contribution < 1.29 is 4.79 Å². The number of thiazole rings is 1. The van der Waals surface area contributed by atoms with Crippen LogP contribution in [0.5, 0.6) is 0 Å². The number of nitrogens with zero attached hydrogens (tertiary/aromatic N) is 2. The van der Waals surface area contributed by atoms with Crippen LogP contribution in [0.3, 0.4) is 0 Å². The van der Waals surface area contributed by atoms with Crippen LogP contribution in [0, 0.1) is 0 Å². The number of para-hydroxylation sites is 2. The van der Waals surface area contributed by atoms with E-state index in [9.17, 15) is 4.79 Å². The van der Waals surface area contributed by atoms with Crippen molar-refractivity contribution in [3.05, 3.63) is 41.2 Å². The van der Waals surface area contributed by atoms with Crippen molar-refractivity contribution in [1.29, 1.82) is 0 Å². The average Bonchev–Trinajstić information content (AvgIpc) is 3.06. The normalized spacial score (nSPS) is 14.2. The predicted molar refractivity (Wildman–Crippen MR) is 86.0 cm³/mol. The maximum Gasteiger partial charge on any atom is 0.271 e. The Morgan fingerprint density at radius 3 is 3.00 bits per heavy atom. The number of H-pyrrole nitrogens is 1. The molecule has 0 spiro atoms. The Morgan fingerprint density at radius 2 is 2.18 bits per heavy atom. The minimum absolute atomic E-state index is 0.180. The average molecular weight is 313 g/mol. The molecule has 7 heteroatoms. The Morgan fingerprint density at radius 1 is 1.32 bits per heavy atom. The number of imidazole rings is 1. The molecule has 4 rings (SSSR count). The molecular weight excluding hydrogens is 298 g/mol. The molecule has 3 aromatic rings. The fourth-order valence-corrected chi connectivity index (χ4v) is 2.96. The maximum absolute atomic E-state index is 12.1. The van der Waals surface area contributed by atoms with Gasteiger partial charge in [-0.05, 0) is 25.0 Å². The van der Waals surface area contributed by atoms with E-state index >= 15 is 0 Å². The molecule has 0 atom stereocenters. The fourth-order valence-electron chi connectivity index (χ4n) is 2.19. The van der Waals surface area contributed by atoms with E-state index in [2.05, 4.69) is 25.6 Å². The number of hydrogen-bond acceptors (Lipinski definition) is 5. The van der Waals surface area contributed by atoms with Crippen LogP contribution in [-0.2, 0) is 6.54 Å². The fraction of sp³-hybridized carbons (Fsp3) is 0.267. The summed E-state index contributed by atoms with van der Waals surface area (Å²) >= 11 is 1.47. The molecule has 1 saturated carbocycles. The highest BCUT2D eigenvalue weighted by molar-refractivity contribution is 7.13. The Labute approximate surface area is 131 Å². The number of hydrogen-bond donors (Lipinski definition) is 3. The summed E-state index contributed by atoms with van der Waals surface area (Å²) in [6, 6.07) is 8.33. The Hall–Kier alpha value is -2.41. The van der Waals surface area contributed by atoms with Crippen molar-refractivity contribution in [2.45, 2.75) is 25.4 Å². The molecule has 1 fully saturated rings. The van der Waals surface area contributed by atoms with Gasteiger partial charge in [-0.2, -0.15) is 0 Å². The molecule has 0 bridgehead atoms. The Kier molecular flexibility index (Phi) is 3.27. The minimum atomic E-state index is -0.180. The van der Waals surface area contributed by atoms with Gasteiger partial charge in [0.05, 0.1) is 17.6 Å². The molecule has 3 N–H and O–H groups in total. The number of nitrogens with one attached hydrogen (secondary N) is 3. The summed E-state index contributed by atoms with van der Waals surface area (Å²) in [6.45, 7) is 0.358. The van der Waals surface area contributed by atoms with Crippen LogP contribution in [0.2, 0.25) is 0 Å². The first-order valence-electron chi connectivity index (χ1n) is 7.22. The summed E-state index contributed by atoms with van der Waals surface area (Å²) in [6.07, 6.45) is 2.38. The van der Waals surface area contributed by atoms with Gasteiger partial charge in [0.25, 0.3) is 5.91 Å². The largest absolute Gasteiger partial charge is 0.359 e. The number of carbonyl (C=O) groups is 1. The van der Waals surface area contributed by atoms with Crippen LogP contribution in [0.25, 0.3) is 11.0 Å². The van der Waals surface area contributed by atoms with Crippen LogP contribution in [0.15, 0.2) is 29.6 Å². The molecule has 1 amide bonds. The van der Waals surface area contributed by atoms with Gasteiger partial charge in [-0.1, -0.05) is 12.1 Å². The van der Waals surface area contributed by atoms with Crippen molar-refractivity contribution in [3.63, 3.8) is 0 Å². The van der Waals surface area contributed by atoms with Crippen LogP contribution in [0.1, 0.15) is 29.2 Å². The molecule has 112 valence electrons. The lowest BCUT2D eigenvalue weighted by Crippen LogP contribution is -2.23. The lowest BCUT2D eigenvalue weighted by molar-refractivity contribution is 0.0946. The van der Waals surface area contributed by atoms with Gasteiger partial charge in [0.1, 0.15) is 11.5 Å². The number of amides is 1. The molecule has 1 aromatic carbocycles. The molecule has 2 heterocycles. The van der Waals surface area contributed by atoms with Crippen molar-refractivity contribution in [3.8, 4) is 0 Å². The van der Waals surface area contributed by atoms with E-state index in [1.165, 1.54) is 24.2 Å². The van der Waals surface area contributed by atoms with Gasteiger partial charge in [0.2, 0.25) is 0 Å². The van der Waals surface area contributed by atoms with E-state index in [4.69, 9.17) is 0 Å². The van der Waals surface area contributed by atoms with Gasteiger partial charge in [0, 0.05) is 11.4 Å². The summed E-state index contributed by atoms with van der Waals surface area (Å²) in [5.41, 5.74) is 2.32. The second-order valence-electron chi connectivity index (χ2n) is 5.34. The third-order valence-electron chi connectivity index (χ3n) is 3.50. The van der Waals surface area contributed by atoms with E-state index in [-0.39, 0.29) is 5.91 Å². The Bertz CT molecular complexity index is 787. The zero-order valence-electron chi connectivity index (χ0n) is 11.8. The number of anilines is 1. The number of benzene rings is 1. The van der Waals surface area contributed by atoms with Crippen molar-refractivity contribution in [2.24, 2.45) is 0 Å². The lowest BCUT2D eigenvalue weighted by Gasteiger charge is -2.00. The van der Waals surface area contributed by atoms with Gasteiger partial charge in [-0.3, -0.25) is 4.79 Å². The zero-order valence-corrected chi connectivity index (χ0v) is 12.6. The molecule has 1 aliphatic rings. The first kappa shape index (κ1) is 13.3. The zero-order chi connectivity index (χ0) is 14.9. The van der Waals surface area contributed by atoms with Gasteiger partial charge in [-0.25, -0.2) is 9.97 Å². The van der Waals surface area contributed by atoms with Crippen molar-refractivity contribution in [1.82, 2.24) is 20.3 Å². The second-order valence-corrected chi connectivity index (χ2v) is 6.20. The molecule has 0 radical (unpaired) electrons. The van der Waals surface area contributed by atoms with Gasteiger partial charge >= 0.3 is 0 Å². The van der Waals surface area contributed by atoms with Gasteiger partial charge in [-0.15, -0.1) is 11.3 Å². The third-order valence-corrected chi connectivity index (χ3v) is 4.27. The van der Waals surface area contributed by atoms with Gasteiger partial charge in [0.15, 0.2) is 5.13 Å². The van der Waals surface area contributed by atoms with Gasteiger partial charge < -0.3 is 15.6 Å². The van der Waals surface area contributed by atoms with E-state index in [0.29, 0.717) is 18.3 Å². The molecule has 0 saturated heterocycles. The number of carbonyl (C=O) groups excluding carboxylic acids is 1. The monoisotopic (exact) mass is 313 g/mol. The molecule has 2 aromatic heterocycles. The molecular formula is C15H15N5OS. The highest BCUT2D eigenvalue weighted by atomic mass is 32.1. The van der Waals surface area contributed by atoms with Crippen LogP contribution in [-0.4, -0.2) is 26.9 Å². The smallest absolute Gasteiger partial charge is 0.271 e. The standard InChI is InChI=1S/C15H15N5OS/c21-14(12-8-22-15(20-12)17-9-5-6-9)16-7-13-18-10-3-1-2-4-11(10)19-13/h1-4,8-9H,5-7H2,(H,16,21)(H,17,20)(H,18,19). The van der Waals surface area contributed by atoms with E-state index in [1.807, 2.05) is 24.3 Å². The molecule has 1 aliphatic carbocycles. The summed E-state index contributed by atoms with van der Waals surface area (Å²) in [5.74, 6) is 0.557. The summed E-state index contributed by atoms with van der Waals surface area (Å²) in [4.78, 5) is 24.0. The van der Waals surface area contributed by atoms with Crippen LogP contribution < -0.4 is 10.6 Å². The molecule has 0 unspecified atom stereocenters. The van der Waals surface area contributed by atoms with Crippen molar-refractivity contribution in [2.75, 3.05) is 5.32 Å². The highest BCUT2D eigenvalue weighted by Gasteiger charge is 2.22. The maximum atomic E-state index is 12.1. The predicted octanol–water partition coefficient (Wildman–Crippen LogP) is 2.52. The number of rotatable bonds is 5. The van der Waals surface area contributed by atoms with E-state index < -0.39 is 0 Å². The van der Waals surface area contributed by atoms with Crippen LogP contribution in [0.4, 0.5) is 5.13 Å². The first-order valence-corrected chi connectivity index (χ1v) is 8.10. The summed E-state index contributed by atoms with van der Waals surface area (Å²) in [5, 5.41) is 8.73.